The fraction of sp³-hybridized carbons (Fsp3) is 0.0625. The Morgan fingerprint density at radius 2 is 0.882 bits per heavy atom. The predicted octanol–water partition coefficient (Wildman–Crippen LogP) is 8.50. The SMILES string of the molecule is Cc1cccc(C)c1-n1c2ccccc2c2cc(-n3c4ccccc4c4ccccc43)ccc21. The Kier molecular flexibility index (Phi) is 4.01. The Hall–Kier alpha value is -4.30. The number of rotatable bonds is 2. The van der Waals surface area contributed by atoms with Gasteiger partial charge in [0.2, 0.25) is 0 Å². The number of para-hydroxylation sites is 4. The van der Waals surface area contributed by atoms with Crippen molar-refractivity contribution in [2.45, 2.75) is 13.8 Å². The first-order valence-corrected chi connectivity index (χ1v) is 11.8. The van der Waals surface area contributed by atoms with E-state index in [0.717, 1.165) is 0 Å². The topological polar surface area (TPSA) is 9.86 Å². The summed E-state index contributed by atoms with van der Waals surface area (Å²) in [7, 11) is 0. The van der Waals surface area contributed by atoms with Crippen LogP contribution in [0.4, 0.5) is 0 Å². The molecule has 7 rings (SSSR count). The molecule has 162 valence electrons. The smallest absolute Gasteiger partial charge is 0.0542 e. The summed E-state index contributed by atoms with van der Waals surface area (Å²) in [5.41, 5.74) is 10.00. The maximum Gasteiger partial charge on any atom is 0.0542 e. The average Bonchev–Trinajstić information content (AvgIpc) is 3.37. The molecule has 0 radical (unpaired) electrons. The van der Waals surface area contributed by atoms with Crippen LogP contribution in [0.15, 0.2) is 109 Å². The molecule has 0 aliphatic heterocycles. The molecule has 7 aromatic rings. The quantitative estimate of drug-likeness (QED) is 0.257. The standard InChI is InChI=1S/C32H24N2/c1-21-10-9-11-22(2)32(21)34-30-17-8-5-14-26(30)27-20-23(18-19-31(27)34)33-28-15-6-3-12-24(28)25-13-4-7-16-29(25)33/h3-20H,1-2H3. The van der Waals surface area contributed by atoms with Gasteiger partial charge in [-0.25, -0.2) is 0 Å². The van der Waals surface area contributed by atoms with Gasteiger partial charge in [0.1, 0.15) is 0 Å². The van der Waals surface area contributed by atoms with Crippen LogP contribution in [0.5, 0.6) is 0 Å². The molecule has 5 aromatic carbocycles. The molecular weight excluding hydrogens is 412 g/mol. The van der Waals surface area contributed by atoms with Crippen molar-refractivity contribution in [3.05, 3.63) is 120 Å². The van der Waals surface area contributed by atoms with Gasteiger partial charge >= 0.3 is 0 Å². The lowest BCUT2D eigenvalue weighted by atomic mass is 10.1. The van der Waals surface area contributed by atoms with Gasteiger partial charge in [0.15, 0.2) is 0 Å². The van der Waals surface area contributed by atoms with Crippen LogP contribution in [0.1, 0.15) is 11.1 Å². The van der Waals surface area contributed by atoms with Crippen molar-refractivity contribution in [1.29, 1.82) is 0 Å². The largest absolute Gasteiger partial charge is 0.309 e. The van der Waals surface area contributed by atoms with E-state index >= 15 is 0 Å². The van der Waals surface area contributed by atoms with Gasteiger partial charge in [0, 0.05) is 27.2 Å². The summed E-state index contributed by atoms with van der Waals surface area (Å²) in [6.07, 6.45) is 0. The van der Waals surface area contributed by atoms with E-state index in [9.17, 15) is 0 Å². The van der Waals surface area contributed by atoms with Crippen LogP contribution in [-0.4, -0.2) is 9.13 Å². The molecule has 0 aliphatic carbocycles. The Labute approximate surface area is 198 Å². The predicted molar refractivity (Wildman–Crippen MR) is 145 cm³/mol. The van der Waals surface area contributed by atoms with E-state index in [4.69, 9.17) is 0 Å². The van der Waals surface area contributed by atoms with Crippen LogP contribution in [0, 0.1) is 13.8 Å². The monoisotopic (exact) mass is 436 g/mol. The van der Waals surface area contributed by atoms with Gasteiger partial charge in [0.25, 0.3) is 0 Å². The molecule has 0 atom stereocenters. The second kappa shape index (κ2) is 7.10. The molecule has 0 bridgehead atoms. The number of aromatic nitrogens is 2. The van der Waals surface area contributed by atoms with E-state index in [2.05, 4.69) is 132 Å². The summed E-state index contributed by atoms with van der Waals surface area (Å²) < 4.78 is 4.83. The highest BCUT2D eigenvalue weighted by molar-refractivity contribution is 6.12. The van der Waals surface area contributed by atoms with E-state index in [1.54, 1.807) is 0 Å². The fourth-order valence-electron chi connectivity index (χ4n) is 5.70. The van der Waals surface area contributed by atoms with Crippen LogP contribution < -0.4 is 0 Å². The van der Waals surface area contributed by atoms with Crippen LogP contribution in [0.3, 0.4) is 0 Å². The molecule has 0 amide bonds. The van der Waals surface area contributed by atoms with Crippen LogP contribution in [0.25, 0.3) is 55.0 Å². The minimum absolute atomic E-state index is 1.19. The first-order valence-electron chi connectivity index (χ1n) is 11.8. The first-order chi connectivity index (χ1) is 16.7. The van der Waals surface area contributed by atoms with Crippen molar-refractivity contribution in [3.63, 3.8) is 0 Å². The molecule has 0 aliphatic rings. The van der Waals surface area contributed by atoms with Crippen LogP contribution in [-0.2, 0) is 0 Å². The average molecular weight is 437 g/mol. The van der Waals surface area contributed by atoms with Gasteiger partial charge in [-0.3, -0.25) is 0 Å². The molecule has 0 spiro atoms. The van der Waals surface area contributed by atoms with Crippen LogP contribution >= 0.6 is 0 Å². The van der Waals surface area contributed by atoms with Gasteiger partial charge in [-0.1, -0.05) is 72.8 Å². The van der Waals surface area contributed by atoms with Crippen molar-refractivity contribution in [3.8, 4) is 11.4 Å². The molecule has 0 fully saturated rings. The minimum Gasteiger partial charge on any atom is -0.309 e. The van der Waals surface area contributed by atoms with Crippen molar-refractivity contribution in [2.24, 2.45) is 0 Å². The van der Waals surface area contributed by atoms with E-state index in [-0.39, 0.29) is 0 Å². The van der Waals surface area contributed by atoms with Gasteiger partial charge in [-0.15, -0.1) is 0 Å². The third-order valence-corrected chi connectivity index (χ3v) is 7.16. The van der Waals surface area contributed by atoms with Gasteiger partial charge in [-0.05, 0) is 61.4 Å². The van der Waals surface area contributed by atoms with E-state index in [1.807, 2.05) is 0 Å². The Balaban J connectivity index is 1.60. The van der Waals surface area contributed by atoms with Gasteiger partial charge in [0.05, 0.1) is 27.8 Å². The van der Waals surface area contributed by atoms with E-state index in [0.29, 0.717) is 0 Å². The summed E-state index contributed by atoms with van der Waals surface area (Å²) in [5, 5.41) is 5.13. The maximum absolute atomic E-state index is 2.44. The molecule has 0 saturated carbocycles. The van der Waals surface area contributed by atoms with Crippen LogP contribution in [0.2, 0.25) is 0 Å². The van der Waals surface area contributed by atoms with Gasteiger partial charge < -0.3 is 9.13 Å². The third-order valence-electron chi connectivity index (χ3n) is 7.16. The summed E-state index contributed by atoms with van der Waals surface area (Å²) in [4.78, 5) is 0. The zero-order chi connectivity index (χ0) is 22.8. The number of nitrogens with zero attached hydrogens (tertiary/aromatic N) is 2. The summed E-state index contributed by atoms with van der Waals surface area (Å²) in [5.74, 6) is 0. The molecule has 0 unspecified atom stereocenters. The molecule has 0 N–H and O–H groups in total. The Morgan fingerprint density at radius 3 is 1.47 bits per heavy atom. The third kappa shape index (κ3) is 2.57. The number of benzene rings is 5. The zero-order valence-electron chi connectivity index (χ0n) is 19.3. The van der Waals surface area contributed by atoms with Crippen molar-refractivity contribution in [2.75, 3.05) is 0 Å². The lowest BCUT2D eigenvalue weighted by Crippen LogP contribution is -2.00. The second-order valence-electron chi connectivity index (χ2n) is 9.16. The molecule has 0 saturated heterocycles. The highest BCUT2D eigenvalue weighted by atomic mass is 15.0. The molecular formula is C32H24N2. The van der Waals surface area contributed by atoms with Crippen molar-refractivity contribution in [1.82, 2.24) is 9.13 Å². The highest BCUT2D eigenvalue weighted by Crippen LogP contribution is 2.37. The highest BCUT2D eigenvalue weighted by Gasteiger charge is 2.17. The maximum atomic E-state index is 2.44. The lowest BCUT2D eigenvalue weighted by molar-refractivity contribution is 1.12. The molecule has 2 heteroatoms. The number of fused-ring (bicyclic) bond motifs is 6. The van der Waals surface area contributed by atoms with Crippen molar-refractivity contribution < 1.29 is 0 Å². The number of hydrogen-bond acceptors (Lipinski definition) is 0. The van der Waals surface area contributed by atoms with Crippen molar-refractivity contribution >= 4 is 43.6 Å². The van der Waals surface area contributed by atoms with Gasteiger partial charge in [-0.2, -0.15) is 0 Å². The summed E-state index contributed by atoms with van der Waals surface area (Å²) in [6.45, 7) is 4.41. The Bertz CT molecular complexity index is 1810. The molecule has 2 heterocycles. The minimum atomic E-state index is 1.19. The first kappa shape index (κ1) is 19.2. The van der Waals surface area contributed by atoms with E-state index < -0.39 is 0 Å². The zero-order valence-corrected chi connectivity index (χ0v) is 19.3. The Morgan fingerprint density at radius 1 is 0.412 bits per heavy atom. The summed E-state index contributed by atoms with van der Waals surface area (Å²) >= 11 is 0. The number of hydrogen-bond donors (Lipinski definition) is 0. The lowest BCUT2D eigenvalue weighted by Gasteiger charge is -2.14. The molecule has 34 heavy (non-hydrogen) atoms. The fourth-order valence-corrected chi connectivity index (χ4v) is 5.70. The molecule has 2 aromatic heterocycles. The number of aryl methyl sites for hydroxylation is 2. The molecule has 2 nitrogen and oxygen atoms in total. The van der Waals surface area contributed by atoms with E-state index in [1.165, 1.54) is 66.1 Å². The second-order valence-corrected chi connectivity index (χ2v) is 9.16. The summed E-state index contributed by atoms with van der Waals surface area (Å²) in [6, 6.07) is 39.6. The normalized spacial score (nSPS) is 11.8.